The number of azo groups is 1. The van der Waals surface area contributed by atoms with E-state index < -0.39 is 0 Å². The Kier molecular flexibility index (Phi) is 3.48. The Balaban J connectivity index is 2.12. The summed E-state index contributed by atoms with van der Waals surface area (Å²) in [5, 5.41) is 9.87. The molecule has 0 aliphatic rings. The zero-order valence-corrected chi connectivity index (χ0v) is 12.5. The maximum Gasteiger partial charge on any atom is 0.110 e. The van der Waals surface area contributed by atoms with E-state index in [4.69, 9.17) is 0 Å². The van der Waals surface area contributed by atoms with Gasteiger partial charge in [-0.15, -0.1) is 5.11 Å². The maximum atomic E-state index is 4.64. The van der Waals surface area contributed by atoms with E-state index in [0.717, 1.165) is 33.5 Å². The first-order valence-corrected chi connectivity index (χ1v) is 6.99. The van der Waals surface area contributed by atoms with Crippen molar-refractivity contribution in [2.24, 2.45) is 10.2 Å². The number of benzene rings is 2. The molecule has 3 heteroatoms. The lowest BCUT2D eigenvalue weighted by Gasteiger charge is -2.08. The molecule has 0 saturated carbocycles. The van der Waals surface area contributed by atoms with E-state index >= 15 is 0 Å². The quantitative estimate of drug-likeness (QED) is 0.563. The number of aryl methyl sites for hydroxylation is 3. The van der Waals surface area contributed by atoms with E-state index in [9.17, 15) is 0 Å². The Hall–Kier alpha value is -2.55. The normalized spacial score (nSPS) is 11.4. The van der Waals surface area contributed by atoms with Crippen LogP contribution in [0, 0.1) is 20.8 Å². The predicted molar refractivity (Wildman–Crippen MR) is 86.6 cm³/mol. The van der Waals surface area contributed by atoms with Crippen molar-refractivity contribution in [3.63, 3.8) is 0 Å². The summed E-state index contributed by atoms with van der Waals surface area (Å²) in [6, 6.07) is 16.0. The lowest BCUT2D eigenvalue weighted by atomic mass is 10.0. The van der Waals surface area contributed by atoms with E-state index in [1.54, 1.807) is 0 Å². The molecule has 0 amide bonds. The van der Waals surface area contributed by atoms with Gasteiger partial charge in [-0.2, -0.15) is 5.11 Å². The van der Waals surface area contributed by atoms with Crippen LogP contribution >= 0.6 is 0 Å². The molecule has 21 heavy (non-hydrogen) atoms. The van der Waals surface area contributed by atoms with Gasteiger partial charge in [0.1, 0.15) is 5.69 Å². The van der Waals surface area contributed by atoms with Gasteiger partial charge in [-0.3, -0.25) is 4.98 Å². The second kappa shape index (κ2) is 5.44. The average molecular weight is 275 g/mol. The first-order valence-electron chi connectivity index (χ1n) is 6.99. The Morgan fingerprint density at radius 1 is 0.857 bits per heavy atom. The number of nitrogens with zero attached hydrogens (tertiary/aromatic N) is 3. The van der Waals surface area contributed by atoms with Gasteiger partial charge < -0.3 is 0 Å². The largest absolute Gasteiger partial charge is 0.251 e. The molecule has 0 spiro atoms. The summed E-state index contributed by atoms with van der Waals surface area (Å²) in [6.07, 6.45) is 0. The molecule has 0 fully saturated rings. The van der Waals surface area contributed by atoms with Crippen molar-refractivity contribution >= 4 is 22.3 Å². The molecule has 1 aromatic heterocycles. The summed E-state index contributed by atoms with van der Waals surface area (Å²) in [5.74, 6) is 0. The summed E-state index contributed by atoms with van der Waals surface area (Å²) in [5.41, 5.74) is 5.97. The molecule has 0 bridgehead atoms. The molecule has 0 radical (unpaired) electrons. The zero-order valence-electron chi connectivity index (χ0n) is 12.5. The molecule has 104 valence electrons. The molecular weight excluding hydrogens is 258 g/mol. The Bertz CT molecular complexity index is 821. The standard InChI is InChI=1S/C18H17N3/c1-12-9-10-17-16(11-12)13(2)18(14(3)19-17)21-20-15-7-5-4-6-8-15/h4-11H,1-3H3. The maximum absolute atomic E-state index is 4.64. The van der Waals surface area contributed by atoms with Crippen LogP contribution in [0.4, 0.5) is 11.4 Å². The number of fused-ring (bicyclic) bond motifs is 1. The van der Waals surface area contributed by atoms with Crippen LogP contribution in [0.15, 0.2) is 58.8 Å². The van der Waals surface area contributed by atoms with E-state index in [2.05, 4.69) is 47.3 Å². The van der Waals surface area contributed by atoms with Crippen molar-refractivity contribution in [2.45, 2.75) is 20.8 Å². The highest BCUT2D eigenvalue weighted by atomic mass is 15.1. The van der Waals surface area contributed by atoms with E-state index in [-0.39, 0.29) is 0 Å². The number of hydrogen-bond donors (Lipinski definition) is 0. The monoisotopic (exact) mass is 275 g/mol. The van der Waals surface area contributed by atoms with E-state index in [1.807, 2.05) is 37.3 Å². The number of rotatable bonds is 2. The van der Waals surface area contributed by atoms with E-state index in [1.165, 1.54) is 5.56 Å². The molecule has 0 unspecified atom stereocenters. The summed E-state index contributed by atoms with van der Waals surface area (Å²) in [7, 11) is 0. The van der Waals surface area contributed by atoms with Crippen molar-refractivity contribution in [1.82, 2.24) is 4.98 Å². The highest BCUT2D eigenvalue weighted by molar-refractivity contribution is 5.87. The van der Waals surface area contributed by atoms with Crippen molar-refractivity contribution in [1.29, 1.82) is 0 Å². The first kappa shape index (κ1) is 13.4. The number of pyridine rings is 1. The van der Waals surface area contributed by atoms with Crippen LogP contribution in [-0.2, 0) is 0 Å². The van der Waals surface area contributed by atoms with Crippen LogP contribution in [-0.4, -0.2) is 4.98 Å². The lowest BCUT2D eigenvalue weighted by molar-refractivity contribution is 1.14. The van der Waals surface area contributed by atoms with Crippen molar-refractivity contribution < 1.29 is 0 Å². The minimum absolute atomic E-state index is 0.848. The molecule has 3 aromatic rings. The van der Waals surface area contributed by atoms with Gasteiger partial charge >= 0.3 is 0 Å². The number of hydrogen-bond acceptors (Lipinski definition) is 3. The third-order valence-electron chi connectivity index (χ3n) is 3.56. The molecule has 0 saturated heterocycles. The van der Waals surface area contributed by atoms with Crippen LogP contribution in [0.25, 0.3) is 10.9 Å². The topological polar surface area (TPSA) is 37.6 Å². The molecule has 3 rings (SSSR count). The number of aromatic nitrogens is 1. The third kappa shape index (κ3) is 2.68. The molecule has 0 aliphatic carbocycles. The van der Waals surface area contributed by atoms with Gasteiger partial charge in [0.15, 0.2) is 0 Å². The van der Waals surface area contributed by atoms with Crippen LogP contribution in [0.3, 0.4) is 0 Å². The van der Waals surface area contributed by atoms with E-state index in [0.29, 0.717) is 0 Å². The molecule has 2 aromatic carbocycles. The Labute approximate surface area is 124 Å². The van der Waals surface area contributed by atoms with Gasteiger partial charge in [-0.1, -0.05) is 29.8 Å². The summed E-state index contributed by atoms with van der Waals surface area (Å²) >= 11 is 0. The van der Waals surface area contributed by atoms with Gasteiger partial charge in [-0.25, -0.2) is 0 Å². The average Bonchev–Trinajstić information content (AvgIpc) is 2.49. The molecule has 3 nitrogen and oxygen atoms in total. The van der Waals surface area contributed by atoms with Gasteiger partial charge in [0, 0.05) is 5.39 Å². The molecule has 0 N–H and O–H groups in total. The fraction of sp³-hybridized carbons (Fsp3) is 0.167. The van der Waals surface area contributed by atoms with Crippen LogP contribution in [0.5, 0.6) is 0 Å². The minimum Gasteiger partial charge on any atom is -0.251 e. The molecule has 0 atom stereocenters. The lowest BCUT2D eigenvalue weighted by Crippen LogP contribution is -1.90. The summed E-state index contributed by atoms with van der Waals surface area (Å²) in [6.45, 7) is 6.14. The van der Waals surface area contributed by atoms with Crippen molar-refractivity contribution in [3.8, 4) is 0 Å². The van der Waals surface area contributed by atoms with Crippen LogP contribution in [0.1, 0.15) is 16.8 Å². The fourth-order valence-corrected chi connectivity index (χ4v) is 2.43. The zero-order chi connectivity index (χ0) is 14.8. The van der Waals surface area contributed by atoms with Gasteiger partial charge in [0.25, 0.3) is 0 Å². The van der Waals surface area contributed by atoms with Crippen LogP contribution < -0.4 is 0 Å². The minimum atomic E-state index is 0.848. The SMILES string of the molecule is Cc1ccc2nc(C)c(N=Nc3ccccc3)c(C)c2c1. The van der Waals surface area contributed by atoms with Gasteiger partial charge in [0.2, 0.25) is 0 Å². The van der Waals surface area contributed by atoms with Crippen molar-refractivity contribution in [2.75, 3.05) is 0 Å². The van der Waals surface area contributed by atoms with Gasteiger partial charge in [0.05, 0.1) is 16.9 Å². The predicted octanol–water partition coefficient (Wildman–Crippen LogP) is 5.58. The smallest absolute Gasteiger partial charge is 0.110 e. The second-order valence-electron chi connectivity index (χ2n) is 5.23. The first-order chi connectivity index (χ1) is 10.1. The molecule has 0 aliphatic heterocycles. The molecular formula is C18H17N3. The molecule has 1 heterocycles. The fourth-order valence-electron chi connectivity index (χ4n) is 2.43. The van der Waals surface area contributed by atoms with Crippen LogP contribution in [0.2, 0.25) is 0 Å². The Morgan fingerprint density at radius 2 is 1.62 bits per heavy atom. The summed E-state index contributed by atoms with van der Waals surface area (Å²) in [4.78, 5) is 4.64. The highest BCUT2D eigenvalue weighted by Crippen LogP contribution is 2.31. The second-order valence-corrected chi connectivity index (χ2v) is 5.23. The van der Waals surface area contributed by atoms with Crippen molar-refractivity contribution in [3.05, 3.63) is 65.4 Å². The Morgan fingerprint density at radius 3 is 2.38 bits per heavy atom. The summed E-state index contributed by atoms with van der Waals surface area (Å²) < 4.78 is 0. The van der Waals surface area contributed by atoms with Gasteiger partial charge in [-0.05, 0) is 50.6 Å². The highest BCUT2D eigenvalue weighted by Gasteiger charge is 2.09. The third-order valence-corrected chi connectivity index (χ3v) is 3.56.